The fraction of sp³-hybridized carbons (Fsp3) is 0.652. The van der Waals surface area contributed by atoms with Crippen LogP contribution in [0.5, 0.6) is 0 Å². The Morgan fingerprint density at radius 1 is 1.22 bits per heavy atom. The van der Waals surface area contributed by atoms with Gasteiger partial charge in [0.1, 0.15) is 22.6 Å². The lowest BCUT2D eigenvalue weighted by Crippen LogP contribution is -2.43. The van der Waals surface area contributed by atoms with E-state index < -0.39 is 5.60 Å². The van der Waals surface area contributed by atoms with E-state index >= 15 is 0 Å². The summed E-state index contributed by atoms with van der Waals surface area (Å²) < 4.78 is 5.52. The summed E-state index contributed by atoms with van der Waals surface area (Å²) in [5.41, 5.74) is 6.23. The van der Waals surface area contributed by atoms with Crippen molar-refractivity contribution in [2.75, 3.05) is 12.4 Å². The minimum Gasteiger partial charge on any atom is -0.444 e. The summed E-state index contributed by atoms with van der Waals surface area (Å²) in [6.07, 6.45) is 7.35. The molecule has 1 saturated carbocycles. The van der Waals surface area contributed by atoms with E-state index in [0.717, 1.165) is 54.6 Å². The van der Waals surface area contributed by atoms with Crippen LogP contribution >= 0.6 is 11.3 Å². The van der Waals surface area contributed by atoms with Crippen LogP contribution in [0.15, 0.2) is 6.33 Å². The number of aromatic nitrogens is 2. The molecule has 4 rings (SSSR count). The Labute approximate surface area is 192 Å². The van der Waals surface area contributed by atoms with Gasteiger partial charge in [0.2, 0.25) is 5.91 Å². The second kappa shape index (κ2) is 8.84. The lowest BCUT2D eigenvalue weighted by Gasteiger charge is -2.36. The Bertz CT molecular complexity index is 1010. The second-order valence-corrected chi connectivity index (χ2v) is 11.1. The zero-order chi connectivity index (χ0) is 23.0. The zero-order valence-corrected chi connectivity index (χ0v) is 20.1. The van der Waals surface area contributed by atoms with Crippen molar-refractivity contribution in [1.82, 2.24) is 14.9 Å². The summed E-state index contributed by atoms with van der Waals surface area (Å²) >= 11 is 1.70. The van der Waals surface area contributed by atoms with Gasteiger partial charge in [-0.15, -0.1) is 11.3 Å². The van der Waals surface area contributed by atoms with Crippen molar-refractivity contribution in [2.45, 2.75) is 89.3 Å². The number of rotatable bonds is 5. The number of carbonyl (C=O) groups excluding carboxylic acids is 2. The summed E-state index contributed by atoms with van der Waals surface area (Å²) in [7, 11) is 1.83. The number of carbonyl (C=O) groups is 2. The molecule has 0 aromatic carbocycles. The fourth-order valence-electron chi connectivity index (χ4n) is 4.91. The summed E-state index contributed by atoms with van der Waals surface area (Å²) in [5, 5.41) is 4.70. The highest BCUT2D eigenvalue weighted by molar-refractivity contribution is 7.19. The highest BCUT2D eigenvalue weighted by Gasteiger charge is 2.32. The predicted molar refractivity (Wildman–Crippen MR) is 126 cm³/mol. The number of nitrogens with two attached hydrogens (primary N) is 1. The average Bonchev–Trinajstić information content (AvgIpc) is 3.26. The van der Waals surface area contributed by atoms with E-state index in [1.165, 1.54) is 10.4 Å². The Balaban J connectivity index is 1.44. The van der Waals surface area contributed by atoms with E-state index in [2.05, 4.69) is 15.3 Å². The Morgan fingerprint density at radius 2 is 1.94 bits per heavy atom. The lowest BCUT2D eigenvalue weighted by atomic mass is 9.90. The third kappa shape index (κ3) is 4.82. The molecule has 0 radical (unpaired) electrons. The molecule has 2 aromatic rings. The topological polar surface area (TPSA) is 110 Å². The SMILES string of the molecule is CN(C(=O)OC(C)(C)C)[C@H]1CC[C@H](Nc2ncnc3sc4c(c23)[C@@H](CC(N)=O)CC4)CC1. The summed E-state index contributed by atoms with van der Waals surface area (Å²) in [5.74, 6) is 0.745. The first-order valence-electron chi connectivity index (χ1n) is 11.4. The Hall–Kier alpha value is -2.42. The molecule has 2 aliphatic rings. The maximum absolute atomic E-state index is 12.4. The molecule has 0 spiro atoms. The third-order valence-electron chi connectivity index (χ3n) is 6.44. The van der Waals surface area contributed by atoms with Crippen LogP contribution in [-0.2, 0) is 16.0 Å². The molecule has 2 heterocycles. The van der Waals surface area contributed by atoms with Crippen LogP contribution in [0.4, 0.5) is 10.6 Å². The lowest BCUT2D eigenvalue weighted by molar-refractivity contribution is -0.118. The summed E-state index contributed by atoms with van der Waals surface area (Å²) in [6, 6.07) is 0.460. The summed E-state index contributed by atoms with van der Waals surface area (Å²) in [6.45, 7) is 5.66. The highest BCUT2D eigenvalue weighted by atomic mass is 32.1. The van der Waals surface area contributed by atoms with Crippen LogP contribution in [-0.4, -0.2) is 51.6 Å². The Kier molecular flexibility index (Phi) is 6.29. The van der Waals surface area contributed by atoms with Crippen molar-refractivity contribution in [2.24, 2.45) is 5.73 Å². The average molecular weight is 460 g/mol. The zero-order valence-electron chi connectivity index (χ0n) is 19.3. The normalized spacial score (nSPS) is 23.1. The van der Waals surface area contributed by atoms with Crippen LogP contribution in [0, 0.1) is 0 Å². The minimum absolute atomic E-state index is 0.154. The number of amides is 2. The minimum atomic E-state index is -0.490. The van der Waals surface area contributed by atoms with Gasteiger partial charge >= 0.3 is 6.09 Å². The molecular weight excluding hydrogens is 426 g/mol. The molecule has 2 amide bonds. The monoisotopic (exact) mass is 459 g/mol. The molecule has 3 N–H and O–H groups in total. The molecule has 0 bridgehead atoms. The first kappa shape index (κ1) is 22.8. The smallest absolute Gasteiger partial charge is 0.410 e. The standard InChI is InChI=1S/C23H33N5O3S/c1-23(2,3)31-22(30)28(4)15-8-6-14(7-9-15)27-20-19-18-13(11-17(24)29)5-10-16(18)32-21(19)26-12-25-20/h12-15H,5-11H2,1-4H3,(H2,24,29)(H,25,26,27)/t13-,14-,15-/m1/s1. The summed E-state index contributed by atoms with van der Waals surface area (Å²) in [4.78, 5) is 37.1. The number of nitrogens with one attached hydrogen (secondary N) is 1. The first-order valence-corrected chi connectivity index (χ1v) is 12.2. The van der Waals surface area contributed by atoms with Gasteiger partial charge in [-0.05, 0) is 70.8 Å². The van der Waals surface area contributed by atoms with E-state index in [0.29, 0.717) is 6.42 Å². The number of ether oxygens (including phenoxy) is 1. The van der Waals surface area contributed by atoms with E-state index in [9.17, 15) is 9.59 Å². The number of hydrogen-bond acceptors (Lipinski definition) is 7. The van der Waals surface area contributed by atoms with Crippen molar-refractivity contribution in [3.8, 4) is 0 Å². The molecule has 1 atom stereocenters. The van der Waals surface area contributed by atoms with Gasteiger partial charge in [0, 0.05) is 30.4 Å². The second-order valence-electron chi connectivity index (χ2n) is 9.99. The van der Waals surface area contributed by atoms with Crippen molar-refractivity contribution >= 4 is 39.4 Å². The van der Waals surface area contributed by atoms with Crippen LogP contribution in [0.25, 0.3) is 10.2 Å². The molecule has 0 saturated heterocycles. The van der Waals surface area contributed by atoms with Crippen LogP contribution in [0.2, 0.25) is 0 Å². The maximum atomic E-state index is 12.4. The first-order chi connectivity index (χ1) is 15.1. The highest BCUT2D eigenvalue weighted by Crippen LogP contribution is 2.46. The number of anilines is 1. The van der Waals surface area contributed by atoms with Gasteiger partial charge in [0.05, 0.1) is 5.39 Å². The quantitative estimate of drug-likeness (QED) is 0.694. The van der Waals surface area contributed by atoms with Gasteiger partial charge in [-0.25, -0.2) is 14.8 Å². The fourth-order valence-corrected chi connectivity index (χ4v) is 6.15. The molecule has 9 heteroatoms. The van der Waals surface area contributed by atoms with Crippen molar-refractivity contribution in [3.63, 3.8) is 0 Å². The molecule has 8 nitrogen and oxygen atoms in total. The number of nitrogens with zero attached hydrogens (tertiary/aromatic N) is 3. The number of fused-ring (bicyclic) bond motifs is 3. The van der Waals surface area contributed by atoms with Gasteiger partial charge in [-0.2, -0.15) is 0 Å². The van der Waals surface area contributed by atoms with E-state index in [1.807, 2.05) is 27.8 Å². The molecule has 2 aromatic heterocycles. The van der Waals surface area contributed by atoms with Crippen molar-refractivity contribution in [3.05, 3.63) is 16.8 Å². The molecule has 174 valence electrons. The number of thiophene rings is 1. The van der Waals surface area contributed by atoms with E-state index in [-0.39, 0.29) is 30.0 Å². The molecule has 32 heavy (non-hydrogen) atoms. The molecular formula is C23H33N5O3S. The van der Waals surface area contributed by atoms with Gasteiger partial charge in [0.15, 0.2) is 0 Å². The van der Waals surface area contributed by atoms with Crippen LogP contribution in [0.3, 0.4) is 0 Å². The van der Waals surface area contributed by atoms with E-state index in [4.69, 9.17) is 10.5 Å². The molecule has 0 unspecified atom stereocenters. The van der Waals surface area contributed by atoms with Crippen LogP contribution < -0.4 is 11.1 Å². The van der Waals surface area contributed by atoms with E-state index in [1.54, 1.807) is 22.6 Å². The number of primary amides is 1. The maximum Gasteiger partial charge on any atom is 0.410 e. The van der Waals surface area contributed by atoms with Gasteiger partial charge in [-0.3, -0.25) is 4.79 Å². The molecule has 1 fully saturated rings. The molecule has 2 aliphatic carbocycles. The largest absolute Gasteiger partial charge is 0.444 e. The van der Waals surface area contributed by atoms with Gasteiger partial charge in [0.25, 0.3) is 0 Å². The van der Waals surface area contributed by atoms with Crippen LogP contribution in [0.1, 0.15) is 75.7 Å². The van der Waals surface area contributed by atoms with Crippen molar-refractivity contribution < 1.29 is 14.3 Å². The number of hydrogen-bond donors (Lipinski definition) is 2. The van der Waals surface area contributed by atoms with Gasteiger partial charge in [-0.1, -0.05) is 0 Å². The molecule has 0 aliphatic heterocycles. The van der Waals surface area contributed by atoms with Gasteiger partial charge < -0.3 is 20.7 Å². The van der Waals surface area contributed by atoms with Crippen molar-refractivity contribution in [1.29, 1.82) is 0 Å². The Morgan fingerprint density at radius 3 is 2.59 bits per heavy atom. The predicted octanol–water partition coefficient (Wildman–Crippen LogP) is 4.19. The number of aryl methyl sites for hydroxylation is 1. The third-order valence-corrected chi connectivity index (χ3v) is 7.62.